The largest absolute Gasteiger partial charge is 0.354 e. The second-order valence-electron chi connectivity index (χ2n) is 3.29. The van der Waals surface area contributed by atoms with E-state index in [1.807, 2.05) is 6.07 Å². The molecule has 0 saturated carbocycles. The lowest BCUT2D eigenvalue weighted by Crippen LogP contribution is -1.88. The smallest absolute Gasteiger partial charge is 0.0219 e. The Kier molecular flexibility index (Phi) is 1.93. The first kappa shape index (κ1) is 8.11. The van der Waals surface area contributed by atoms with Crippen molar-refractivity contribution >= 4 is 0 Å². The van der Waals surface area contributed by atoms with Crippen LogP contribution in [0.1, 0.15) is 5.69 Å². The lowest BCUT2D eigenvalue weighted by atomic mass is 10.1. The van der Waals surface area contributed by atoms with Gasteiger partial charge in [0.1, 0.15) is 0 Å². The van der Waals surface area contributed by atoms with Crippen molar-refractivity contribution in [2.75, 3.05) is 0 Å². The second kappa shape index (κ2) is 3.09. The van der Waals surface area contributed by atoms with Gasteiger partial charge in [0, 0.05) is 24.5 Å². The molecule has 0 amide bonds. The molecule has 2 rings (SSSR count). The molecule has 0 radical (unpaired) electrons. The van der Waals surface area contributed by atoms with Crippen molar-refractivity contribution in [2.24, 2.45) is 7.05 Å². The van der Waals surface area contributed by atoms with Gasteiger partial charge in [-0.2, -0.15) is 0 Å². The monoisotopic (exact) mass is 171 g/mol. The molecule has 1 nitrogen and oxygen atoms in total. The van der Waals surface area contributed by atoms with Gasteiger partial charge in [-0.05, 0) is 18.6 Å². The Labute approximate surface area is 78.6 Å². The normalized spacial score (nSPS) is 10.3. The SMILES string of the molecule is Cc1c(-c2ccccc2)ccn1C. The van der Waals surface area contributed by atoms with E-state index in [0.29, 0.717) is 0 Å². The number of benzene rings is 1. The summed E-state index contributed by atoms with van der Waals surface area (Å²) in [6.45, 7) is 2.14. The first-order valence-corrected chi connectivity index (χ1v) is 4.46. The highest BCUT2D eigenvalue weighted by Crippen LogP contribution is 2.22. The average molecular weight is 171 g/mol. The van der Waals surface area contributed by atoms with E-state index in [2.05, 4.69) is 55.1 Å². The van der Waals surface area contributed by atoms with Crippen LogP contribution in [0.3, 0.4) is 0 Å². The summed E-state index contributed by atoms with van der Waals surface area (Å²) in [5, 5.41) is 0. The highest BCUT2D eigenvalue weighted by molar-refractivity contribution is 5.65. The van der Waals surface area contributed by atoms with Gasteiger partial charge < -0.3 is 4.57 Å². The van der Waals surface area contributed by atoms with E-state index in [9.17, 15) is 0 Å². The minimum absolute atomic E-state index is 1.29. The van der Waals surface area contributed by atoms with Crippen LogP contribution in [0, 0.1) is 6.92 Å². The van der Waals surface area contributed by atoms with Crippen LogP contribution >= 0.6 is 0 Å². The van der Waals surface area contributed by atoms with Crippen LogP contribution in [0.15, 0.2) is 42.6 Å². The van der Waals surface area contributed by atoms with Gasteiger partial charge in [-0.1, -0.05) is 30.3 Å². The van der Waals surface area contributed by atoms with Crippen LogP contribution in [0.25, 0.3) is 11.1 Å². The number of rotatable bonds is 1. The van der Waals surface area contributed by atoms with E-state index >= 15 is 0 Å². The molecule has 0 N–H and O–H groups in total. The zero-order valence-electron chi connectivity index (χ0n) is 7.99. The Morgan fingerprint density at radius 3 is 2.23 bits per heavy atom. The van der Waals surface area contributed by atoms with Gasteiger partial charge in [0.15, 0.2) is 0 Å². The Hall–Kier alpha value is -1.50. The molecular formula is C12H13N. The Bertz CT molecular complexity index is 398. The molecule has 1 aromatic heterocycles. The van der Waals surface area contributed by atoms with Crippen molar-refractivity contribution in [3.05, 3.63) is 48.3 Å². The van der Waals surface area contributed by atoms with E-state index in [1.165, 1.54) is 16.8 Å². The summed E-state index contributed by atoms with van der Waals surface area (Å²) in [5.41, 5.74) is 3.93. The minimum atomic E-state index is 1.29. The lowest BCUT2D eigenvalue weighted by Gasteiger charge is -2.01. The van der Waals surface area contributed by atoms with E-state index in [1.54, 1.807) is 0 Å². The molecule has 0 aliphatic carbocycles. The van der Waals surface area contributed by atoms with Crippen molar-refractivity contribution in [3.8, 4) is 11.1 Å². The van der Waals surface area contributed by atoms with Gasteiger partial charge in [-0.15, -0.1) is 0 Å². The molecule has 66 valence electrons. The number of nitrogens with zero attached hydrogens (tertiary/aromatic N) is 1. The zero-order valence-corrected chi connectivity index (χ0v) is 7.99. The topological polar surface area (TPSA) is 4.93 Å². The summed E-state index contributed by atoms with van der Waals surface area (Å²) >= 11 is 0. The molecular weight excluding hydrogens is 158 g/mol. The Morgan fingerprint density at radius 2 is 1.69 bits per heavy atom. The molecule has 1 aromatic carbocycles. The maximum atomic E-state index is 2.16. The summed E-state index contributed by atoms with van der Waals surface area (Å²) in [6, 6.07) is 12.6. The van der Waals surface area contributed by atoms with Crippen LogP contribution < -0.4 is 0 Å². The Morgan fingerprint density at radius 1 is 1.00 bits per heavy atom. The van der Waals surface area contributed by atoms with Crippen LogP contribution in [-0.2, 0) is 7.05 Å². The highest BCUT2D eigenvalue weighted by atomic mass is 14.9. The third-order valence-electron chi connectivity index (χ3n) is 2.47. The molecule has 13 heavy (non-hydrogen) atoms. The van der Waals surface area contributed by atoms with Crippen molar-refractivity contribution in [1.82, 2.24) is 4.57 Å². The van der Waals surface area contributed by atoms with Crippen LogP contribution in [0.2, 0.25) is 0 Å². The van der Waals surface area contributed by atoms with Gasteiger partial charge in [-0.3, -0.25) is 0 Å². The fourth-order valence-electron chi connectivity index (χ4n) is 1.53. The highest BCUT2D eigenvalue weighted by Gasteiger charge is 2.02. The molecule has 1 heterocycles. The molecule has 0 bridgehead atoms. The summed E-state index contributed by atoms with van der Waals surface area (Å²) in [5.74, 6) is 0. The second-order valence-corrected chi connectivity index (χ2v) is 3.29. The lowest BCUT2D eigenvalue weighted by molar-refractivity contribution is 0.883. The quantitative estimate of drug-likeness (QED) is 0.621. The first-order chi connectivity index (χ1) is 6.29. The van der Waals surface area contributed by atoms with E-state index in [4.69, 9.17) is 0 Å². The number of aryl methyl sites for hydroxylation is 1. The fourth-order valence-corrected chi connectivity index (χ4v) is 1.53. The van der Waals surface area contributed by atoms with Crippen molar-refractivity contribution in [1.29, 1.82) is 0 Å². The predicted octanol–water partition coefficient (Wildman–Crippen LogP) is 3.00. The average Bonchev–Trinajstić information content (AvgIpc) is 2.49. The third-order valence-corrected chi connectivity index (χ3v) is 2.47. The zero-order chi connectivity index (χ0) is 9.26. The summed E-state index contributed by atoms with van der Waals surface area (Å²) in [7, 11) is 2.07. The van der Waals surface area contributed by atoms with Crippen LogP contribution in [0.4, 0.5) is 0 Å². The number of hydrogen-bond donors (Lipinski definition) is 0. The van der Waals surface area contributed by atoms with Crippen molar-refractivity contribution in [2.45, 2.75) is 6.92 Å². The Balaban J connectivity index is 2.53. The molecule has 0 aliphatic rings. The first-order valence-electron chi connectivity index (χ1n) is 4.46. The summed E-state index contributed by atoms with van der Waals surface area (Å²) in [6.07, 6.45) is 2.09. The van der Waals surface area contributed by atoms with Gasteiger partial charge in [-0.25, -0.2) is 0 Å². The summed E-state index contributed by atoms with van der Waals surface area (Å²) in [4.78, 5) is 0. The molecule has 2 aromatic rings. The molecule has 0 atom stereocenters. The van der Waals surface area contributed by atoms with E-state index < -0.39 is 0 Å². The molecule has 0 spiro atoms. The van der Waals surface area contributed by atoms with Crippen LogP contribution in [0.5, 0.6) is 0 Å². The van der Waals surface area contributed by atoms with E-state index in [0.717, 1.165) is 0 Å². The minimum Gasteiger partial charge on any atom is -0.354 e. The van der Waals surface area contributed by atoms with Gasteiger partial charge in [0.2, 0.25) is 0 Å². The standard InChI is InChI=1S/C12H13N/c1-10-12(8-9-13(10)2)11-6-4-3-5-7-11/h3-9H,1-2H3. The van der Waals surface area contributed by atoms with E-state index in [-0.39, 0.29) is 0 Å². The fraction of sp³-hybridized carbons (Fsp3) is 0.167. The van der Waals surface area contributed by atoms with Gasteiger partial charge >= 0.3 is 0 Å². The number of aromatic nitrogens is 1. The third kappa shape index (κ3) is 1.37. The molecule has 0 aliphatic heterocycles. The van der Waals surface area contributed by atoms with Crippen molar-refractivity contribution < 1.29 is 0 Å². The molecule has 0 saturated heterocycles. The van der Waals surface area contributed by atoms with Gasteiger partial charge in [0.25, 0.3) is 0 Å². The maximum Gasteiger partial charge on any atom is 0.0219 e. The predicted molar refractivity (Wildman–Crippen MR) is 55.6 cm³/mol. The number of hydrogen-bond acceptors (Lipinski definition) is 0. The maximum absolute atomic E-state index is 2.16. The van der Waals surface area contributed by atoms with Crippen LogP contribution in [-0.4, -0.2) is 4.57 Å². The molecule has 0 unspecified atom stereocenters. The van der Waals surface area contributed by atoms with Crippen molar-refractivity contribution in [3.63, 3.8) is 0 Å². The molecule has 0 fully saturated rings. The summed E-state index contributed by atoms with van der Waals surface area (Å²) < 4.78 is 2.14. The van der Waals surface area contributed by atoms with Gasteiger partial charge in [0.05, 0.1) is 0 Å². The molecule has 1 heteroatoms.